The zero-order chi connectivity index (χ0) is 45.6. The molecular weight excluding hydrogens is 971 g/mol. The molecule has 338 valence electrons. The Morgan fingerprint density at radius 1 is 0.379 bits per heavy atom. The Hall–Kier alpha value is -5.62. The van der Waals surface area contributed by atoms with Gasteiger partial charge in [0, 0.05) is 11.1 Å². The third-order valence-electron chi connectivity index (χ3n) is 9.40. The first-order valence-electron chi connectivity index (χ1n) is 20.3. The fourth-order valence-electron chi connectivity index (χ4n) is 6.76. The molecule has 0 N–H and O–H groups in total. The molecule has 0 fully saturated rings. The van der Waals surface area contributed by atoms with Gasteiger partial charge >= 0.3 is 50.1 Å². The van der Waals surface area contributed by atoms with E-state index in [2.05, 4.69) is 192 Å². The molecule has 0 bridgehead atoms. The van der Waals surface area contributed by atoms with E-state index in [9.17, 15) is 25.2 Å². The Labute approximate surface area is 397 Å². The number of hydrogen-bond donors (Lipinski definition) is 0. The number of hydrogen-bond acceptors (Lipinski definition) is 4. The average Bonchev–Trinajstić information content (AvgIpc) is 3.32. The van der Waals surface area contributed by atoms with Crippen LogP contribution < -0.4 is 36.6 Å². The molecular formula is C52H42CuF6N2OP3S+2. The van der Waals surface area contributed by atoms with Gasteiger partial charge in [-0.05, 0) is 109 Å². The molecule has 66 heavy (non-hydrogen) atoms. The molecule has 2 heterocycles. The van der Waals surface area contributed by atoms with Crippen LogP contribution in [0.25, 0.3) is 11.4 Å². The van der Waals surface area contributed by atoms with Gasteiger partial charge in [0.1, 0.15) is 52.7 Å². The molecule has 7 aromatic carbocycles. The summed E-state index contributed by atoms with van der Waals surface area (Å²) in [5.41, 5.74) is 1.81. The van der Waals surface area contributed by atoms with E-state index in [1.165, 1.54) is 36.7 Å². The summed E-state index contributed by atoms with van der Waals surface area (Å²) in [6.45, 7) is 0. The predicted molar refractivity (Wildman–Crippen MR) is 265 cm³/mol. The molecule has 0 saturated heterocycles. The van der Waals surface area contributed by atoms with Gasteiger partial charge in [0.15, 0.2) is 11.5 Å². The Balaban J connectivity index is 0.000000221. The van der Waals surface area contributed by atoms with E-state index in [0.717, 1.165) is 27.9 Å². The standard InChI is InChI=1S/C36H28OP2.C16H12N2S.Cu.F6P/c1-5-17-29(18-6-1)38(30-19-7-2-8-20-30)35-27-15-13-25-33(35)37-34-26-14-16-28-36(34)39(31-21-9-3-10-22-31)32-23-11-4-12-24-32;1-2-7-13(8-3-1)19-16-11-6-10-15(18-16)14-9-4-5-12-17-14;;1-7(2,3,4,5)6/h1-28H;1-12H;;/q;;+1;-1/p+2. The summed E-state index contributed by atoms with van der Waals surface area (Å²) >= 11 is 1.66. The summed E-state index contributed by atoms with van der Waals surface area (Å²) < 4.78 is 66.1. The first-order valence-corrected chi connectivity index (χ1v) is 26.1. The van der Waals surface area contributed by atoms with E-state index >= 15 is 0 Å². The van der Waals surface area contributed by atoms with Crippen LogP contribution in [0.1, 0.15) is 0 Å². The second-order valence-electron chi connectivity index (χ2n) is 14.3. The molecule has 14 heteroatoms. The summed E-state index contributed by atoms with van der Waals surface area (Å²) in [7, 11) is -13.2. The smallest absolute Gasteiger partial charge is 0.449 e. The molecule has 0 radical (unpaired) electrons. The molecule has 0 spiro atoms. The van der Waals surface area contributed by atoms with Crippen molar-refractivity contribution in [1.29, 1.82) is 0 Å². The first kappa shape index (κ1) is 49.8. The van der Waals surface area contributed by atoms with Gasteiger partial charge in [-0.1, -0.05) is 139 Å². The van der Waals surface area contributed by atoms with Crippen molar-refractivity contribution >= 4 is 67.2 Å². The third kappa shape index (κ3) is 15.8. The van der Waals surface area contributed by atoms with Crippen LogP contribution in [0.4, 0.5) is 25.2 Å². The molecule has 9 rings (SSSR count). The van der Waals surface area contributed by atoms with Gasteiger partial charge < -0.3 is 4.74 Å². The fraction of sp³-hybridized carbons (Fsp3) is 0. The number of aromatic nitrogens is 2. The Bertz CT molecular complexity index is 2670. The number of rotatable bonds is 11. The molecule has 9 aromatic rings. The molecule has 0 aliphatic rings. The zero-order valence-corrected chi connectivity index (χ0v) is 39.5. The van der Waals surface area contributed by atoms with E-state index in [0.29, 0.717) is 0 Å². The maximum atomic E-state index is 9.87. The van der Waals surface area contributed by atoms with E-state index in [1.807, 2.05) is 54.6 Å². The summed E-state index contributed by atoms with van der Waals surface area (Å²) in [6, 6.07) is 82.7. The summed E-state index contributed by atoms with van der Waals surface area (Å²) in [4.78, 5) is 10.2. The van der Waals surface area contributed by atoms with Crippen LogP contribution in [0.5, 0.6) is 11.5 Å². The molecule has 0 saturated carbocycles. The molecule has 0 unspecified atom stereocenters. The van der Waals surface area contributed by atoms with Crippen LogP contribution in [0.3, 0.4) is 0 Å². The maximum absolute atomic E-state index is 10.7. The monoisotopic (exact) mass is 1010 g/mol. The number of ether oxygens (including phenoxy) is 1. The predicted octanol–water partition coefficient (Wildman–Crippen LogP) is 14.1. The van der Waals surface area contributed by atoms with E-state index < -0.39 is 23.7 Å². The normalized spacial score (nSPS) is 11.9. The van der Waals surface area contributed by atoms with Crippen LogP contribution in [0.15, 0.2) is 253 Å². The molecule has 0 atom stereocenters. The quantitative estimate of drug-likeness (QED) is 0.0735. The van der Waals surface area contributed by atoms with Crippen molar-refractivity contribution < 1.29 is 47.0 Å². The largest absolute Gasteiger partial charge is 1.00 e. The average molecular weight is 1010 g/mol. The van der Waals surface area contributed by atoms with Crippen molar-refractivity contribution in [3.63, 3.8) is 0 Å². The van der Waals surface area contributed by atoms with Gasteiger partial charge in [-0.15, -0.1) is 0 Å². The second-order valence-corrected chi connectivity index (χ2v) is 22.2. The number of para-hydroxylation sites is 2. The first-order chi connectivity index (χ1) is 31.2. The van der Waals surface area contributed by atoms with Crippen LogP contribution in [-0.2, 0) is 17.1 Å². The summed E-state index contributed by atoms with van der Waals surface area (Å²) in [5.74, 6) is 1.85. The SMILES string of the molecule is F[P-](F)(F)(F)(F)F.[Cu+].c1ccc(Sc2cccc(-c3ccccn3)n2)cc1.c1ccc([PH+](c2ccccc2)c2ccccc2Oc2ccccc2[PH+](c2ccccc2)c2ccccc2)cc1. The summed E-state index contributed by atoms with van der Waals surface area (Å²) in [5, 5.41) is 8.86. The number of pyridine rings is 2. The van der Waals surface area contributed by atoms with Crippen LogP contribution >= 0.6 is 35.4 Å². The van der Waals surface area contributed by atoms with Crippen molar-refractivity contribution in [3.8, 4) is 22.9 Å². The van der Waals surface area contributed by atoms with Crippen molar-refractivity contribution in [2.45, 2.75) is 9.92 Å². The number of nitrogens with zero attached hydrogens (tertiary/aromatic N) is 2. The van der Waals surface area contributed by atoms with Crippen LogP contribution in [0, 0.1) is 0 Å². The molecule has 0 amide bonds. The van der Waals surface area contributed by atoms with Gasteiger partial charge in [0.25, 0.3) is 0 Å². The van der Waals surface area contributed by atoms with E-state index in [4.69, 9.17) is 4.74 Å². The fourth-order valence-corrected chi connectivity index (χ4v) is 12.9. The van der Waals surface area contributed by atoms with Crippen molar-refractivity contribution in [3.05, 3.63) is 243 Å². The summed E-state index contributed by atoms with van der Waals surface area (Å²) in [6.07, 6.45) is 1.79. The Morgan fingerprint density at radius 2 is 0.727 bits per heavy atom. The van der Waals surface area contributed by atoms with Crippen LogP contribution in [0.2, 0.25) is 0 Å². The third-order valence-corrected chi connectivity index (χ3v) is 15.9. The molecule has 0 aliphatic carbocycles. The van der Waals surface area contributed by atoms with Gasteiger partial charge in [-0.3, -0.25) is 4.98 Å². The minimum Gasteiger partial charge on any atom is -0.449 e. The van der Waals surface area contributed by atoms with Crippen molar-refractivity contribution in [2.75, 3.05) is 0 Å². The van der Waals surface area contributed by atoms with Crippen molar-refractivity contribution in [1.82, 2.24) is 9.97 Å². The minimum absolute atomic E-state index is 0. The minimum atomic E-state index is -10.7. The van der Waals surface area contributed by atoms with Gasteiger partial charge in [0.05, 0.1) is 11.4 Å². The van der Waals surface area contributed by atoms with Crippen molar-refractivity contribution in [2.24, 2.45) is 0 Å². The van der Waals surface area contributed by atoms with E-state index in [1.54, 1.807) is 18.0 Å². The maximum Gasteiger partial charge on any atom is 1.00 e. The Morgan fingerprint density at radius 3 is 1.12 bits per heavy atom. The number of halogens is 6. The van der Waals surface area contributed by atoms with E-state index in [-0.39, 0.29) is 17.1 Å². The Kier molecular flexibility index (Phi) is 16.8. The van der Waals surface area contributed by atoms with Gasteiger partial charge in [0.2, 0.25) is 0 Å². The second kappa shape index (κ2) is 22.2. The topological polar surface area (TPSA) is 35.0 Å². The number of benzene rings is 7. The van der Waals surface area contributed by atoms with Gasteiger partial charge in [-0.2, -0.15) is 0 Å². The molecule has 0 aliphatic heterocycles. The van der Waals surface area contributed by atoms with Crippen LogP contribution in [-0.4, -0.2) is 9.97 Å². The van der Waals surface area contributed by atoms with Gasteiger partial charge in [-0.25, -0.2) is 4.98 Å². The zero-order valence-electron chi connectivity index (χ0n) is 34.8. The molecule has 3 nitrogen and oxygen atoms in total. The molecule has 2 aromatic heterocycles.